The van der Waals surface area contributed by atoms with Crippen LogP contribution in [-0.2, 0) is 16.6 Å². The van der Waals surface area contributed by atoms with Crippen LogP contribution in [0.4, 0.5) is 8.78 Å². The van der Waals surface area contributed by atoms with Gasteiger partial charge in [-0.05, 0) is 23.8 Å². The van der Waals surface area contributed by atoms with Gasteiger partial charge in [-0.25, -0.2) is 21.9 Å². The summed E-state index contributed by atoms with van der Waals surface area (Å²) in [6.45, 7) is 0.00314. The first-order valence-corrected chi connectivity index (χ1v) is 7.95. The summed E-state index contributed by atoms with van der Waals surface area (Å²) in [4.78, 5) is 2.45. The van der Waals surface area contributed by atoms with Crippen molar-refractivity contribution < 1.29 is 17.2 Å². The lowest BCUT2D eigenvalue weighted by Gasteiger charge is -2.07. The Bertz CT molecular complexity index is 936. The molecule has 2 aromatic carbocycles. The van der Waals surface area contributed by atoms with Crippen LogP contribution in [0.1, 0.15) is 5.56 Å². The molecule has 0 aliphatic rings. The number of halogens is 2. The molecule has 1 heterocycles. The number of rotatable bonds is 4. The highest BCUT2D eigenvalue weighted by Gasteiger charge is 2.19. The van der Waals surface area contributed by atoms with E-state index < -0.39 is 26.6 Å². The summed E-state index contributed by atoms with van der Waals surface area (Å²) < 4.78 is 53.0. The van der Waals surface area contributed by atoms with E-state index in [9.17, 15) is 17.2 Å². The predicted molar refractivity (Wildman–Crippen MR) is 78.7 cm³/mol. The molecule has 0 unspecified atom stereocenters. The van der Waals surface area contributed by atoms with Crippen LogP contribution >= 0.6 is 0 Å². The van der Waals surface area contributed by atoms with Crippen LogP contribution in [0, 0.1) is 11.6 Å². The maximum atomic E-state index is 13.6. The topological polar surface area (TPSA) is 62.0 Å². The number of sulfonamides is 1. The Morgan fingerprint density at radius 2 is 1.86 bits per heavy atom. The van der Waals surface area contributed by atoms with Gasteiger partial charge in [-0.2, -0.15) is 0 Å². The van der Waals surface area contributed by atoms with Crippen molar-refractivity contribution in [1.29, 1.82) is 0 Å². The summed E-state index contributed by atoms with van der Waals surface area (Å²) in [7, 11) is -4.06. The molecule has 3 aromatic rings. The zero-order valence-electron chi connectivity index (χ0n) is 11.3. The monoisotopic (exact) mass is 322 g/mol. The number of aromatic amines is 1. The number of para-hydroxylation sites is 1. The summed E-state index contributed by atoms with van der Waals surface area (Å²) in [6, 6.07) is 9.78. The molecule has 0 aliphatic heterocycles. The Morgan fingerprint density at radius 3 is 2.64 bits per heavy atom. The van der Waals surface area contributed by atoms with Gasteiger partial charge in [0.2, 0.25) is 10.0 Å². The van der Waals surface area contributed by atoms with Crippen molar-refractivity contribution in [3.05, 3.63) is 65.9 Å². The van der Waals surface area contributed by atoms with Gasteiger partial charge in [0.1, 0.15) is 16.5 Å². The van der Waals surface area contributed by atoms with Crippen molar-refractivity contribution in [3.63, 3.8) is 0 Å². The molecule has 22 heavy (non-hydrogen) atoms. The molecule has 0 spiro atoms. The van der Waals surface area contributed by atoms with Crippen molar-refractivity contribution in [3.8, 4) is 0 Å². The molecule has 0 saturated heterocycles. The van der Waals surface area contributed by atoms with Crippen LogP contribution in [-0.4, -0.2) is 13.4 Å². The summed E-state index contributed by atoms with van der Waals surface area (Å²) in [5.41, 5.74) is 1.62. The molecule has 0 aliphatic carbocycles. The molecule has 0 fully saturated rings. The SMILES string of the molecule is O=S(=O)(NCc1c[nH]c2ccccc12)c1ccc(F)cc1F. The van der Waals surface area contributed by atoms with Crippen LogP contribution in [0.25, 0.3) is 10.9 Å². The van der Waals surface area contributed by atoms with Crippen molar-refractivity contribution in [2.75, 3.05) is 0 Å². The number of H-pyrrole nitrogens is 1. The fourth-order valence-corrected chi connectivity index (χ4v) is 3.29. The molecule has 0 atom stereocenters. The Morgan fingerprint density at radius 1 is 1.09 bits per heavy atom. The standard InChI is InChI=1S/C15H12F2N2O2S/c16-11-5-6-15(13(17)7-11)22(20,21)19-9-10-8-18-14-4-2-1-3-12(10)14/h1-8,18-19H,9H2. The molecule has 4 nitrogen and oxygen atoms in total. The second-order valence-corrected chi connectivity index (χ2v) is 6.49. The average Bonchev–Trinajstić information content (AvgIpc) is 2.88. The lowest BCUT2D eigenvalue weighted by Crippen LogP contribution is -2.24. The van der Waals surface area contributed by atoms with E-state index in [1.807, 2.05) is 24.3 Å². The highest BCUT2D eigenvalue weighted by atomic mass is 32.2. The first kappa shape index (κ1) is 14.7. The third-order valence-electron chi connectivity index (χ3n) is 3.31. The van der Waals surface area contributed by atoms with Gasteiger partial charge in [-0.1, -0.05) is 18.2 Å². The van der Waals surface area contributed by atoms with Crippen LogP contribution in [0.15, 0.2) is 53.6 Å². The van der Waals surface area contributed by atoms with Gasteiger partial charge in [0.25, 0.3) is 0 Å². The van der Waals surface area contributed by atoms with E-state index in [0.29, 0.717) is 6.07 Å². The maximum Gasteiger partial charge on any atom is 0.243 e. The third-order valence-corrected chi connectivity index (χ3v) is 4.75. The summed E-state index contributed by atoms with van der Waals surface area (Å²) in [6.07, 6.45) is 1.69. The average molecular weight is 322 g/mol. The molecular weight excluding hydrogens is 310 g/mol. The van der Waals surface area contributed by atoms with Gasteiger partial charge < -0.3 is 4.98 Å². The van der Waals surface area contributed by atoms with Crippen molar-refractivity contribution in [2.24, 2.45) is 0 Å². The number of nitrogens with one attached hydrogen (secondary N) is 2. The van der Waals surface area contributed by atoms with Crippen LogP contribution < -0.4 is 4.72 Å². The zero-order valence-corrected chi connectivity index (χ0v) is 12.1. The minimum absolute atomic E-state index is 0.00314. The normalized spacial score (nSPS) is 11.9. The maximum absolute atomic E-state index is 13.6. The van der Waals surface area contributed by atoms with Crippen molar-refractivity contribution in [1.82, 2.24) is 9.71 Å². The fourth-order valence-electron chi connectivity index (χ4n) is 2.22. The van der Waals surface area contributed by atoms with E-state index in [4.69, 9.17) is 0 Å². The molecule has 0 saturated carbocycles. The van der Waals surface area contributed by atoms with Crippen LogP contribution in [0.3, 0.4) is 0 Å². The summed E-state index contributed by atoms with van der Waals surface area (Å²) in [5.74, 6) is -1.94. The highest BCUT2D eigenvalue weighted by Crippen LogP contribution is 2.19. The Hall–Kier alpha value is -2.25. The van der Waals surface area contributed by atoms with E-state index in [-0.39, 0.29) is 6.54 Å². The Labute approximate surface area is 125 Å². The van der Waals surface area contributed by atoms with Crippen LogP contribution in [0.5, 0.6) is 0 Å². The van der Waals surface area contributed by atoms with Gasteiger partial charge in [0.15, 0.2) is 0 Å². The summed E-state index contributed by atoms with van der Waals surface area (Å²) in [5, 5.41) is 0.879. The Balaban J connectivity index is 1.86. The largest absolute Gasteiger partial charge is 0.361 e. The lowest BCUT2D eigenvalue weighted by molar-refractivity contribution is 0.543. The molecule has 7 heteroatoms. The minimum Gasteiger partial charge on any atom is -0.361 e. The number of benzene rings is 2. The third kappa shape index (κ3) is 2.72. The van der Waals surface area contributed by atoms with E-state index in [2.05, 4.69) is 9.71 Å². The predicted octanol–water partition coefficient (Wildman–Crippen LogP) is 2.92. The van der Waals surface area contributed by atoms with E-state index in [1.54, 1.807) is 6.20 Å². The quantitative estimate of drug-likeness (QED) is 0.776. The molecule has 0 radical (unpaired) electrons. The first-order chi connectivity index (χ1) is 10.5. The molecule has 0 bridgehead atoms. The number of aromatic nitrogens is 1. The first-order valence-electron chi connectivity index (χ1n) is 6.47. The lowest BCUT2D eigenvalue weighted by atomic mass is 10.2. The second kappa shape index (κ2) is 5.51. The van der Waals surface area contributed by atoms with E-state index in [0.717, 1.165) is 28.6 Å². The molecule has 0 amide bonds. The van der Waals surface area contributed by atoms with Gasteiger partial charge in [-0.15, -0.1) is 0 Å². The molecular formula is C15H12F2N2O2S. The second-order valence-electron chi connectivity index (χ2n) is 4.76. The smallest absolute Gasteiger partial charge is 0.243 e. The summed E-state index contributed by atoms with van der Waals surface area (Å²) >= 11 is 0. The van der Waals surface area contributed by atoms with E-state index in [1.165, 1.54) is 0 Å². The molecule has 2 N–H and O–H groups in total. The minimum atomic E-state index is -4.06. The van der Waals surface area contributed by atoms with Gasteiger partial charge >= 0.3 is 0 Å². The molecule has 114 valence electrons. The number of fused-ring (bicyclic) bond motifs is 1. The van der Waals surface area contributed by atoms with Crippen molar-refractivity contribution >= 4 is 20.9 Å². The fraction of sp³-hybridized carbons (Fsp3) is 0.0667. The van der Waals surface area contributed by atoms with Gasteiger partial charge in [-0.3, -0.25) is 0 Å². The number of hydrogen-bond donors (Lipinski definition) is 2. The molecule has 3 rings (SSSR count). The Kier molecular flexibility index (Phi) is 3.67. The highest BCUT2D eigenvalue weighted by molar-refractivity contribution is 7.89. The van der Waals surface area contributed by atoms with Gasteiger partial charge in [0.05, 0.1) is 0 Å². The van der Waals surface area contributed by atoms with E-state index >= 15 is 0 Å². The van der Waals surface area contributed by atoms with Gasteiger partial charge in [0, 0.05) is 29.7 Å². The van der Waals surface area contributed by atoms with Crippen LogP contribution in [0.2, 0.25) is 0 Å². The van der Waals surface area contributed by atoms with Crippen molar-refractivity contribution in [2.45, 2.75) is 11.4 Å². The molecule has 1 aromatic heterocycles. The number of hydrogen-bond acceptors (Lipinski definition) is 2. The zero-order chi connectivity index (χ0) is 15.7.